The molecule has 0 saturated carbocycles. The second kappa shape index (κ2) is 73.2. The largest absolute Gasteiger partial charge is 0.472 e. The van der Waals surface area contributed by atoms with Gasteiger partial charge in [0, 0.05) is 25.7 Å². The maximum atomic E-state index is 13.1. The van der Waals surface area contributed by atoms with Gasteiger partial charge in [-0.2, -0.15) is 0 Å². The van der Waals surface area contributed by atoms with E-state index in [4.69, 9.17) is 37.0 Å². The first-order valence-electron chi connectivity index (χ1n) is 42.9. The fourth-order valence-electron chi connectivity index (χ4n) is 12.8. The lowest BCUT2D eigenvalue weighted by atomic mass is 9.99. The van der Waals surface area contributed by atoms with Gasteiger partial charge in [0.05, 0.1) is 26.4 Å². The highest BCUT2D eigenvalue weighted by molar-refractivity contribution is 7.47. The molecule has 0 aromatic carbocycles. The molecule has 102 heavy (non-hydrogen) atoms. The molecule has 0 aliphatic rings. The van der Waals surface area contributed by atoms with E-state index in [1.165, 1.54) is 238 Å². The van der Waals surface area contributed by atoms with E-state index in [1.807, 2.05) is 0 Å². The minimum absolute atomic E-state index is 0.105. The van der Waals surface area contributed by atoms with Crippen molar-refractivity contribution in [3.05, 3.63) is 0 Å². The van der Waals surface area contributed by atoms with E-state index in [0.717, 1.165) is 114 Å². The Morgan fingerprint density at radius 1 is 0.284 bits per heavy atom. The van der Waals surface area contributed by atoms with Gasteiger partial charge in [-0.15, -0.1) is 0 Å². The SMILES string of the molecule is CCCCCCCCCCCCCCCCCCCCCCCC(=O)O[C@H](COC(=O)CCCCCCCCCCCCCCCCC(C)C)COP(=O)(O)OC[C@@H](O)COP(=O)(O)OC[C@@H](COC(=O)CCCCCCCCC(C)CC)OC(=O)CCCCCCCCCCCCC(C)CC. The van der Waals surface area contributed by atoms with Gasteiger partial charge in [-0.25, -0.2) is 9.13 Å². The van der Waals surface area contributed by atoms with Crippen molar-refractivity contribution in [3.8, 4) is 0 Å². The third-order valence-corrected chi connectivity index (χ3v) is 22.0. The number of rotatable bonds is 81. The quantitative estimate of drug-likeness (QED) is 0.0222. The molecular weight excluding hydrogens is 1330 g/mol. The van der Waals surface area contributed by atoms with Gasteiger partial charge in [0.1, 0.15) is 19.3 Å². The number of hydrogen-bond donors (Lipinski definition) is 3. The van der Waals surface area contributed by atoms with Crippen molar-refractivity contribution in [1.29, 1.82) is 0 Å². The smallest absolute Gasteiger partial charge is 0.462 e. The molecule has 0 radical (unpaired) electrons. The minimum Gasteiger partial charge on any atom is -0.462 e. The Bertz CT molecular complexity index is 1980. The predicted octanol–water partition coefficient (Wildman–Crippen LogP) is 24.9. The number of carbonyl (C=O) groups excluding carboxylic acids is 4. The molecule has 4 unspecified atom stereocenters. The lowest BCUT2D eigenvalue weighted by molar-refractivity contribution is -0.161. The molecular formula is C83H162O17P2. The maximum Gasteiger partial charge on any atom is 0.472 e. The normalized spacial score (nSPS) is 14.5. The molecule has 0 aromatic rings. The summed E-state index contributed by atoms with van der Waals surface area (Å²) >= 11 is 0. The molecule has 17 nitrogen and oxygen atoms in total. The van der Waals surface area contributed by atoms with E-state index in [9.17, 15) is 43.2 Å². The van der Waals surface area contributed by atoms with Gasteiger partial charge in [-0.05, 0) is 43.4 Å². The predicted molar refractivity (Wildman–Crippen MR) is 418 cm³/mol. The van der Waals surface area contributed by atoms with Crippen molar-refractivity contribution in [1.82, 2.24) is 0 Å². The van der Waals surface area contributed by atoms with Crippen LogP contribution in [-0.2, 0) is 65.4 Å². The molecule has 0 aliphatic heterocycles. The summed E-state index contributed by atoms with van der Waals surface area (Å²) in [5.41, 5.74) is 0. The van der Waals surface area contributed by atoms with Crippen LogP contribution in [0.3, 0.4) is 0 Å². The molecule has 0 aliphatic carbocycles. The number of aliphatic hydroxyl groups excluding tert-OH is 1. The van der Waals surface area contributed by atoms with Gasteiger partial charge < -0.3 is 33.8 Å². The van der Waals surface area contributed by atoms with Gasteiger partial charge in [0.2, 0.25) is 0 Å². The number of esters is 4. The summed E-state index contributed by atoms with van der Waals surface area (Å²) in [6, 6.07) is 0. The van der Waals surface area contributed by atoms with Gasteiger partial charge in [-0.1, -0.05) is 382 Å². The maximum absolute atomic E-state index is 13.1. The van der Waals surface area contributed by atoms with E-state index in [2.05, 4.69) is 48.5 Å². The third kappa shape index (κ3) is 73.6. The van der Waals surface area contributed by atoms with Crippen molar-refractivity contribution >= 4 is 39.5 Å². The molecule has 3 N–H and O–H groups in total. The van der Waals surface area contributed by atoms with Crippen LogP contribution in [0.4, 0.5) is 0 Å². The van der Waals surface area contributed by atoms with Crippen LogP contribution in [0.1, 0.15) is 434 Å². The average molecular weight is 1490 g/mol. The number of aliphatic hydroxyl groups is 1. The van der Waals surface area contributed by atoms with E-state index in [-0.39, 0.29) is 25.7 Å². The Morgan fingerprint density at radius 2 is 0.500 bits per heavy atom. The van der Waals surface area contributed by atoms with Crippen LogP contribution in [0.15, 0.2) is 0 Å². The fraction of sp³-hybridized carbons (Fsp3) is 0.952. The number of hydrogen-bond acceptors (Lipinski definition) is 15. The van der Waals surface area contributed by atoms with Gasteiger partial charge in [0.15, 0.2) is 12.2 Å². The highest BCUT2D eigenvalue weighted by Gasteiger charge is 2.30. The molecule has 7 atom stereocenters. The summed E-state index contributed by atoms with van der Waals surface area (Å²) in [5, 5.41) is 10.7. The zero-order chi connectivity index (χ0) is 75.1. The first-order valence-corrected chi connectivity index (χ1v) is 45.9. The summed E-state index contributed by atoms with van der Waals surface area (Å²) < 4.78 is 68.8. The van der Waals surface area contributed by atoms with Crippen molar-refractivity contribution in [2.24, 2.45) is 17.8 Å². The summed E-state index contributed by atoms with van der Waals surface area (Å²) in [6.45, 7) is 12.0. The molecule has 19 heteroatoms. The number of unbranched alkanes of at least 4 members (excludes halogenated alkanes) is 47. The molecule has 0 heterocycles. The lowest BCUT2D eigenvalue weighted by Crippen LogP contribution is -2.30. The molecule has 0 aromatic heterocycles. The number of carbonyl (C=O) groups is 4. The Hall–Kier alpha value is -1.94. The van der Waals surface area contributed by atoms with Crippen LogP contribution in [-0.4, -0.2) is 96.7 Å². The monoisotopic (exact) mass is 1490 g/mol. The molecule has 0 amide bonds. The zero-order valence-corrected chi connectivity index (χ0v) is 68.9. The second-order valence-corrected chi connectivity index (χ2v) is 33.7. The van der Waals surface area contributed by atoms with E-state index < -0.39 is 97.5 Å². The Labute approximate surface area is 626 Å². The van der Waals surface area contributed by atoms with Gasteiger partial charge in [0.25, 0.3) is 0 Å². The summed E-state index contributed by atoms with van der Waals surface area (Å²) in [5.74, 6) is 0.222. The van der Waals surface area contributed by atoms with Gasteiger partial charge >= 0.3 is 39.5 Å². The molecule has 0 spiro atoms. The van der Waals surface area contributed by atoms with Crippen LogP contribution in [0, 0.1) is 17.8 Å². The summed E-state index contributed by atoms with van der Waals surface area (Å²) in [6.07, 6.45) is 62.5. The van der Waals surface area contributed by atoms with Crippen molar-refractivity contribution < 1.29 is 80.2 Å². The molecule has 0 bridgehead atoms. The van der Waals surface area contributed by atoms with Crippen molar-refractivity contribution in [2.75, 3.05) is 39.6 Å². The topological polar surface area (TPSA) is 237 Å². The van der Waals surface area contributed by atoms with Crippen LogP contribution in [0.2, 0.25) is 0 Å². The highest BCUT2D eigenvalue weighted by Crippen LogP contribution is 2.45. The lowest BCUT2D eigenvalue weighted by Gasteiger charge is -2.21. The van der Waals surface area contributed by atoms with E-state index in [1.54, 1.807) is 0 Å². The first-order chi connectivity index (χ1) is 49.3. The Morgan fingerprint density at radius 3 is 0.745 bits per heavy atom. The third-order valence-electron chi connectivity index (χ3n) is 20.1. The Kier molecular flexibility index (Phi) is 71.8. The zero-order valence-electron chi connectivity index (χ0n) is 67.1. The van der Waals surface area contributed by atoms with Gasteiger partial charge in [-0.3, -0.25) is 37.3 Å². The highest BCUT2D eigenvalue weighted by atomic mass is 31.2. The Balaban J connectivity index is 5.23. The minimum atomic E-state index is -4.96. The van der Waals surface area contributed by atoms with Crippen molar-refractivity contribution in [2.45, 2.75) is 452 Å². The van der Waals surface area contributed by atoms with Crippen LogP contribution in [0.25, 0.3) is 0 Å². The average Bonchev–Trinajstić information content (AvgIpc) is 0.933. The number of ether oxygens (including phenoxy) is 4. The van der Waals surface area contributed by atoms with E-state index in [0.29, 0.717) is 25.7 Å². The first kappa shape index (κ1) is 100. The van der Waals surface area contributed by atoms with Crippen LogP contribution < -0.4 is 0 Å². The molecule has 0 saturated heterocycles. The summed E-state index contributed by atoms with van der Waals surface area (Å²) in [4.78, 5) is 73.1. The van der Waals surface area contributed by atoms with Crippen LogP contribution >= 0.6 is 15.6 Å². The standard InChI is InChI=1S/C83H162O17P2/c1-8-11-12-13-14-15-16-17-18-19-20-21-22-23-24-29-32-38-43-52-59-66-82(87)99-78(70-93-80(85)64-57-50-42-37-31-28-26-25-27-30-35-40-47-54-61-74(4)5)72-97-101(89,90)95-68-77(84)69-96-102(91,92)98-73-79(71-94-81(86)65-58-51-46-45-49-56-63-76(7)10-3)100-83(88)67-60-53-44-39-34-33-36-41-48-55-62-75(6)9-2/h74-79,84H,8-73H2,1-7H3,(H,89,90)(H,91,92)/t75?,76?,77-,78-,79-/m1/s1. The molecule has 0 rings (SSSR count). The van der Waals surface area contributed by atoms with Crippen LogP contribution in [0.5, 0.6) is 0 Å². The van der Waals surface area contributed by atoms with Crippen molar-refractivity contribution in [3.63, 3.8) is 0 Å². The number of phosphoric acid groups is 2. The summed E-state index contributed by atoms with van der Waals surface area (Å²) in [7, 11) is -9.92. The molecule has 606 valence electrons. The van der Waals surface area contributed by atoms with E-state index >= 15 is 0 Å². The number of phosphoric ester groups is 2. The second-order valence-electron chi connectivity index (χ2n) is 30.8. The fourth-order valence-corrected chi connectivity index (χ4v) is 14.4. The molecule has 0 fully saturated rings.